The molecule has 7 nitrogen and oxygen atoms in total. The molecule has 2 aromatic rings. The lowest BCUT2D eigenvalue weighted by atomic mass is 10.2. The van der Waals surface area contributed by atoms with Gasteiger partial charge in [-0.15, -0.1) is 4.40 Å². The zero-order chi connectivity index (χ0) is 22.3. The van der Waals surface area contributed by atoms with E-state index < -0.39 is 10.0 Å². The molecule has 1 amide bonds. The van der Waals surface area contributed by atoms with E-state index in [0.717, 1.165) is 25.8 Å². The van der Waals surface area contributed by atoms with E-state index in [9.17, 15) is 17.6 Å². The Morgan fingerprint density at radius 2 is 1.94 bits per heavy atom. The van der Waals surface area contributed by atoms with Crippen molar-refractivity contribution in [1.29, 1.82) is 0 Å². The Labute approximate surface area is 182 Å². The SMILES string of the molecule is CN1CCCCC/C1=N\S(=O)(=O)c1cccc(NC(=O)CCOc2ccc(F)cc2)c1. The second-order valence-corrected chi connectivity index (χ2v) is 8.95. The van der Waals surface area contributed by atoms with Crippen molar-refractivity contribution in [3.8, 4) is 5.75 Å². The summed E-state index contributed by atoms with van der Waals surface area (Å²) in [5.41, 5.74) is 0.363. The summed E-state index contributed by atoms with van der Waals surface area (Å²) in [6.07, 6.45) is 3.66. The minimum absolute atomic E-state index is 0.0259. The fourth-order valence-electron chi connectivity index (χ4n) is 3.19. The monoisotopic (exact) mass is 447 g/mol. The predicted octanol–water partition coefficient (Wildman–Crippen LogP) is 3.83. The number of carbonyl (C=O) groups excluding carboxylic acids is 1. The Kier molecular flexibility index (Phi) is 7.62. The molecule has 1 saturated heterocycles. The average molecular weight is 448 g/mol. The van der Waals surface area contributed by atoms with Crippen LogP contribution in [0.25, 0.3) is 0 Å². The van der Waals surface area contributed by atoms with Crippen LogP contribution < -0.4 is 10.1 Å². The van der Waals surface area contributed by atoms with Crippen molar-refractivity contribution in [1.82, 2.24) is 4.90 Å². The van der Waals surface area contributed by atoms with Crippen LogP contribution in [0.4, 0.5) is 10.1 Å². The summed E-state index contributed by atoms with van der Waals surface area (Å²) in [5.74, 6) is 0.331. The van der Waals surface area contributed by atoms with Gasteiger partial charge in [0.1, 0.15) is 17.4 Å². The first kappa shape index (κ1) is 22.7. The number of anilines is 1. The van der Waals surface area contributed by atoms with Crippen LogP contribution in [0, 0.1) is 5.82 Å². The minimum Gasteiger partial charge on any atom is -0.493 e. The van der Waals surface area contributed by atoms with Crippen molar-refractivity contribution in [3.05, 3.63) is 54.3 Å². The number of rotatable bonds is 7. The highest BCUT2D eigenvalue weighted by Gasteiger charge is 2.19. The molecular weight excluding hydrogens is 421 g/mol. The van der Waals surface area contributed by atoms with Crippen LogP contribution in [-0.2, 0) is 14.8 Å². The quantitative estimate of drug-likeness (QED) is 0.697. The number of hydrogen-bond donors (Lipinski definition) is 1. The Bertz CT molecular complexity index is 1040. The average Bonchev–Trinajstić information content (AvgIpc) is 2.93. The summed E-state index contributed by atoms with van der Waals surface area (Å²) in [4.78, 5) is 14.1. The largest absolute Gasteiger partial charge is 0.493 e. The van der Waals surface area contributed by atoms with Crippen LogP contribution in [-0.4, -0.2) is 45.3 Å². The molecule has 2 aromatic carbocycles. The molecule has 1 fully saturated rings. The molecule has 3 rings (SSSR count). The molecule has 1 N–H and O–H groups in total. The van der Waals surface area contributed by atoms with Crippen molar-refractivity contribution in [2.75, 3.05) is 25.5 Å². The number of likely N-dealkylation sites (tertiary alicyclic amines) is 1. The molecule has 0 atom stereocenters. The number of nitrogens with zero attached hydrogens (tertiary/aromatic N) is 2. The molecule has 1 heterocycles. The Balaban J connectivity index is 1.61. The Morgan fingerprint density at radius 1 is 1.16 bits per heavy atom. The van der Waals surface area contributed by atoms with E-state index in [1.54, 1.807) is 12.1 Å². The molecule has 1 aliphatic heterocycles. The van der Waals surface area contributed by atoms with Gasteiger partial charge < -0.3 is 15.0 Å². The van der Waals surface area contributed by atoms with Crippen LogP contribution in [0.1, 0.15) is 32.1 Å². The van der Waals surface area contributed by atoms with Crippen LogP contribution in [0.2, 0.25) is 0 Å². The first-order valence-corrected chi connectivity index (χ1v) is 11.6. The highest BCUT2D eigenvalue weighted by molar-refractivity contribution is 7.90. The minimum atomic E-state index is -3.88. The molecule has 0 bridgehead atoms. The normalized spacial score (nSPS) is 16.1. The maximum absolute atomic E-state index is 12.9. The topological polar surface area (TPSA) is 88.1 Å². The summed E-state index contributed by atoms with van der Waals surface area (Å²) < 4.78 is 47.9. The van der Waals surface area contributed by atoms with E-state index in [1.807, 2.05) is 11.9 Å². The van der Waals surface area contributed by atoms with Crippen LogP contribution >= 0.6 is 0 Å². The maximum Gasteiger partial charge on any atom is 0.284 e. The number of halogens is 1. The second-order valence-electron chi connectivity index (χ2n) is 7.34. The molecule has 0 saturated carbocycles. The molecule has 9 heteroatoms. The van der Waals surface area contributed by atoms with Gasteiger partial charge in [-0.05, 0) is 55.3 Å². The number of carbonyl (C=O) groups is 1. The van der Waals surface area contributed by atoms with Crippen molar-refractivity contribution in [2.45, 2.75) is 37.0 Å². The molecule has 0 radical (unpaired) electrons. The molecule has 0 aromatic heterocycles. The number of amidine groups is 1. The molecule has 0 unspecified atom stereocenters. The predicted molar refractivity (Wildman–Crippen MR) is 117 cm³/mol. The fraction of sp³-hybridized carbons (Fsp3) is 0.364. The standard InChI is InChI=1S/C22H26FN3O4S/c1-26-14-4-2-3-8-21(26)25-31(28,29)20-7-5-6-18(16-20)24-22(27)13-15-30-19-11-9-17(23)10-12-19/h5-7,9-12,16H,2-4,8,13-15H2,1H3,(H,24,27)/b25-21+. The zero-order valence-electron chi connectivity index (χ0n) is 17.4. The van der Waals surface area contributed by atoms with Gasteiger partial charge >= 0.3 is 0 Å². The third kappa shape index (κ3) is 6.78. The van der Waals surface area contributed by atoms with Gasteiger partial charge in [-0.3, -0.25) is 4.79 Å². The highest BCUT2D eigenvalue weighted by atomic mass is 32.2. The molecule has 31 heavy (non-hydrogen) atoms. The van der Waals surface area contributed by atoms with Crippen molar-refractivity contribution in [2.24, 2.45) is 4.40 Å². The first-order valence-electron chi connectivity index (χ1n) is 10.2. The zero-order valence-corrected chi connectivity index (χ0v) is 18.2. The maximum atomic E-state index is 12.9. The van der Waals surface area contributed by atoms with E-state index >= 15 is 0 Å². The molecule has 0 aliphatic carbocycles. The van der Waals surface area contributed by atoms with Crippen molar-refractivity contribution < 1.29 is 22.3 Å². The number of hydrogen-bond acceptors (Lipinski definition) is 4. The lowest BCUT2D eigenvalue weighted by Gasteiger charge is -2.17. The Hall–Kier alpha value is -2.94. The number of amides is 1. The van der Waals surface area contributed by atoms with E-state index in [4.69, 9.17) is 4.74 Å². The third-order valence-electron chi connectivity index (χ3n) is 4.89. The molecule has 166 valence electrons. The summed E-state index contributed by atoms with van der Waals surface area (Å²) in [6.45, 7) is 0.889. The van der Waals surface area contributed by atoms with Crippen molar-refractivity contribution >= 4 is 27.5 Å². The molecular formula is C22H26FN3O4S. The lowest BCUT2D eigenvalue weighted by molar-refractivity contribution is -0.116. The number of sulfonamides is 1. The highest BCUT2D eigenvalue weighted by Crippen LogP contribution is 2.20. The van der Waals surface area contributed by atoms with E-state index in [-0.39, 0.29) is 29.6 Å². The third-order valence-corrected chi connectivity index (χ3v) is 6.19. The fourth-order valence-corrected chi connectivity index (χ4v) is 4.33. The van der Waals surface area contributed by atoms with Crippen LogP contribution in [0.3, 0.4) is 0 Å². The van der Waals surface area contributed by atoms with E-state index in [2.05, 4.69) is 9.71 Å². The number of benzene rings is 2. The molecule has 1 aliphatic rings. The van der Waals surface area contributed by atoms with Gasteiger partial charge in [-0.2, -0.15) is 8.42 Å². The smallest absolute Gasteiger partial charge is 0.284 e. The van der Waals surface area contributed by atoms with Gasteiger partial charge in [0.15, 0.2) is 0 Å². The van der Waals surface area contributed by atoms with E-state index in [0.29, 0.717) is 23.7 Å². The van der Waals surface area contributed by atoms with E-state index in [1.165, 1.54) is 36.4 Å². The van der Waals surface area contributed by atoms with Crippen LogP contribution in [0.15, 0.2) is 57.8 Å². The van der Waals surface area contributed by atoms with Crippen molar-refractivity contribution in [3.63, 3.8) is 0 Å². The van der Waals surface area contributed by atoms with Gasteiger partial charge in [0, 0.05) is 25.7 Å². The van der Waals surface area contributed by atoms with Gasteiger partial charge in [0.2, 0.25) is 5.91 Å². The number of nitrogens with one attached hydrogen (secondary N) is 1. The van der Waals surface area contributed by atoms with Gasteiger partial charge in [-0.25, -0.2) is 4.39 Å². The van der Waals surface area contributed by atoms with Gasteiger partial charge in [-0.1, -0.05) is 12.5 Å². The molecule has 0 spiro atoms. The summed E-state index contributed by atoms with van der Waals surface area (Å²) >= 11 is 0. The number of ether oxygens (including phenoxy) is 1. The summed E-state index contributed by atoms with van der Waals surface area (Å²) in [5, 5.41) is 2.67. The van der Waals surface area contributed by atoms with Crippen LogP contribution in [0.5, 0.6) is 5.75 Å². The Morgan fingerprint density at radius 3 is 2.71 bits per heavy atom. The second kappa shape index (κ2) is 10.4. The summed E-state index contributed by atoms with van der Waals surface area (Å²) in [6, 6.07) is 11.5. The lowest BCUT2D eigenvalue weighted by Crippen LogP contribution is -2.26. The van der Waals surface area contributed by atoms with Gasteiger partial charge in [0.25, 0.3) is 10.0 Å². The first-order chi connectivity index (χ1) is 14.8. The summed E-state index contributed by atoms with van der Waals surface area (Å²) in [7, 11) is -2.03. The van der Waals surface area contributed by atoms with Gasteiger partial charge in [0.05, 0.1) is 17.9 Å².